The monoisotopic (exact) mass is 308 g/mol. The Labute approximate surface area is 130 Å². The van der Waals surface area contributed by atoms with Crippen LogP contribution >= 0.6 is 0 Å². The minimum Gasteiger partial charge on any atom is -0.383 e. The van der Waals surface area contributed by atoms with Crippen LogP contribution in [0.2, 0.25) is 0 Å². The number of urea groups is 1. The van der Waals surface area contributed by atoms with Crippen LogP contribution in [0.1, 0.15) is 19.3 Å². The topological polar surface area (TPSA) is 68.6 Å². The normalized spacial score (nSPS) is 21.0. The number of hydrogen-bond donors (Lipinski definition) is 1. The molecule has 0 bridgehead atoms. The van der Waals surface area contributed by atoms with Crippen LogP contribution in [0.4, 0.5) is 10.5 Å². The van der Waals surface area contributed by atoms with Gasteiger partial charge in [-0.15, -0.1) is 0 Å². The third-order valence-electron chi connectivity index (χ3n) is 4.14. The van der Waals surface area contributed by atoms with E-state index < -0.39 is 0 Å². The van der Waals surface area contributed by atoms with Crippen molar-refractivity contribution in [1.82, 2.24) is 14.7 Å². The average molecular weight is 308 g/mol. The van der Waals surface area contributed by atoms with Crippen molar-refractivity contribution in [2.24, 2.45) is 5.92 Å². The molecule has 0 aromatic carbocycles. The standard InChI is InChI=1S/C15H24N4O3/c1-21-7-5-18-10-13(8-16-18)17-15(20)19(14-2-3-14)9-12-4-6-22-11-12/h8,10,12,14H,2-7,9,11H2,1H3,(H,17,20). The highest BCUT2D eigenvalue weighted by molar-refractivity contribution is 5.89. The number of ether oxygens (including phenoxy) is 2. The number of hydrogen-bond acceptors (Lipinski definition) is 4. The first-order valence-corrected chi connectivity index (χ1v) is 7.93. The third kappa shape index (κ3) is 3.98. The summed E-state index contributed by atoms with van der Waals surface area (Å²) >= 11 is 0. The van der Waals surface area contributed by atoms with Gasteiger partial charge < -0.3 is 19.7 Å². The van der Waals surface area contributed by atoms with Crippen LogP contribution < -0.4 is 5.32 Å². The molecule has 2 aliphatic rings. The Hall–Kier alpha value is -1.60. The molecule has 1 saturated carbocycles. The fraction of sp³-hybridized carbons (Fsp3) is 0.733. The molecule has 1 aromatic heterocycles. The number of anilines is 1. The van der Waals surface area contributed by atoms with Gasteiger partial charge in [0.2, 0.25) is 0 Å². The molecule has 1 N–H and O–H groups in total. The Bertz CT molecular complexity index is 495. The van der Waals surface area contributed by atoms with Crippen molar-refractivity contribution in [2.75, 3.05) is 38.8 Å². The Balaban J connectivity index is 1.55. The SMILES string of the molecule is COCCn1cc(NC(=O)N(CC2CCOC2)C2CC2)cn1. The molecule has 0 radical (unpaired) electrons. The van der Waals surface area contributed by atoms with Crippen molar-refractivity contribution >= 4 is 11.7 Å². The van der Waals surface area contributed by atoms with Crippen molar-refractivity contribution < 1.29 is 14.3 Å². The molecule has 2 heterocycles. The largest absolute Gasteiger partial charge is 0.383 e. The summed E-state index contributed by atoms with van der Waals surface area (Å²) < 4.78 is 12.2. The maximum Gasteiger partial charge on any atom is 0.322 e. The molecule has 3 rings (SSSR count). The molecule has 1 saturated heterocycles. The number of rotatable bonds is 7. The molecule has 2 fully saturated rings. The van der Waals surface area contributed by atoms with E-state index in [1.54, 1.807) is 18.0 Å². The number of nitrogens with one attached hydrogen (secondary N) is 1. The first-order valence-electron chi connectivity index (χ1n) is 7.93. The summed E-state index contributed by atoms with van der Waals surface area (Å²) in [6, 6.07) is 0.366. The Morgan fingerprint density at radius 2 is 2.41 bits per heavy atom. The lowest BCUT2D eigenvalue weighted by Gasteiger charge is -2.25. The van der Waals surface area contributed by atoms with E-state index in [0.717, 1.165) is 44.7 Å². The Morgan fingerprint density at radius 1 is 1.55 bits per heavy atom. The van der Waals surface area contributed by atoms with Gasteiger partial charge in [0.1, 0.15) is 0 Å². The van der Waals surface area contributed by atoms with Crippen LogP contribution in [0.25, 0.3) is 0 Å². The van der Waals surface area contributed by atoms with Gasteiger partial charge in [-0.2, -0.15) is 5.10 Å². The molecule has 1 atom stereocenters. The lowest BCUT2D eigenvalue weighted by atomic mass is 10.1. The van der Waals surface area contributed by atoms with Crippen LogP contribution in [0.15, 0.2) is 12.4 Å². The first-order chi connectivity index (χ1) is 10.8. The van der Waals surface area contributed by atoms with Gasteiger partial charge in [-0.05, 0) is 19.3 Å². The van der Waals surface area contributed by atoms with Gasteiger partial charge in [-0.25, -0.2) is 4.79 Å². The van der Waals surface area contributed by atoms with E-state index in [-0.39, 0.29) is 6.03 Å². The fourth-order valence-corrected chi connectivity index (χ4v) is 2.72. The zero-order chi connectivity index (χ0) is 15.4. The predicted octanol–water partition coefficient (Wildman–Crippen LogP) is 1.56. The second kappa shape index (κ2) is 7.11. The molecular formula is C15H24N4O3. The third-order valence-corrected chi connectivity index (χ3v) is 4.14. The number of carbonyl (C=O) groups is 1. The number of carbonyl (C=O) groups excluding carboxylic acids is 1. The van der Waals surface area contributed by atoms with E-state index in [4.69, 9.17) is 9.47 Å². The molecule has 7 nitrogen and oxygen atoms in total. The number of amides is 2. The summed E-state index contributed by atoms with van der Waals surface area (Å²) in [7, 11) is 1.66. The van der Waals surface area contributed by atoms with Crippen LogP contribution in [-0.2, 0) is 16.0 Å². The number of nitrogens with zero attached hydrogens (tertiary/aromatic N) is 3. The molecule has 2 amide bonds. The molecule has 22 heavy (non-hydrogen) atoms. The fourth-order valence-electron chi connectivity index (χ4n) is 2.72. The van der Waals surface area contributed by atoms with Gasteiger partial charge in [-0.1, -0.05) is 0 Å². The van der Waals surface area contributed by atoms with Crippen molar-refractivity contribution in [3.63, 3.8) is 0 Å². The summed E-state index contributed by atoms with van der Waals surface area (Å²) in [6.07, 6.45) is 6.77. The van der Waals surface area contributed by atoms with Crippen LogP contribution in [0.5, 0.6) is 0 Å². The van der Waals surface area contributed by atoms with Crippen molar-refractivity contribution in [1.29, 1.82) is 0 Å². The highest BCUT2D eigenvalue weighted by Crippen LogP contribution is 2.29. The summed E-state index contributed by atoms with van der Waals surface area (Å²) in [5.41, 5.74) is 0.731. The van der Waals surface area contributed by atoms with E-state index in [1.807, 2.05) is 11.1 Å². The van der Waals surface area contributed by atoms with E-state index in [1.165, 1.54) is 0 Å². The summed E-state index contributed by atoms with van der Waals surface area (Å²) in [5, 5.41) is 7.17. The van der Waals surface area contributed by atoms with Gasteiger partial charge in [0, 0.05) is 38.4 Å². The van der Waals surface area contributed by atoms with E-state index in [0.29, 0.717) is 25.1 Å². The van der Waals surface area contributed by atoms with Crippen LogP contribution in [0, 0.1) is 5.92 Å². The van der Waals surface area contributed by atoms with Crippen molar-refractivity contribution in [3.05, 3.63) is 12.4 Å². The maximum atomic E-state index is 12.5. The summed E-state index contributed by atoms with van der Waals surface area (Å²) in [5.74, 6) is 0.468. The molecule has 1 aromatic rings. The lowest BCUT2D eigenvalue weighted by molar-refractivity contribution is 0.167. The van der Waals surface area contributed by atoms with Gasteiger partial charge in [0.05, 0.1) is 31.6 Å². The predicted molar refractivity (Wildman–Crippen MR) is 81.8 cm³/mol. The maximum absolute atomic E-state index is 12.5. The minimum atomic E-state index is -0.0271. The van der Waals surface area contributed by atoms with Gasteiger partial charge in [0.15, 0.2) is 0 Å². The second-order valence-electron chi connectivity index (χ2n) is 6.03. The molecule has 1 unspecified atom stereocenters. The first kappa shape index (κ1) is 15.3. The second-order valence-corrected chi connectivity index (χ2v) is 6.03. The Morgan fingerprint density at radius 3 is 3.09 bits per heavy atom. The van der Waals surface area contributed by atoms with E-state index in [2.05, 4.69) is 10.4 Å². The Kier molecular flexibility index (Phi) is 4.94. The zero-order valence-electron chi connectivity index (χ0n) is 13.0. The summed E-state index contributed by atoms with van der Waals surface area (Å²) in [4.78, 5) is 14.5. The minimum absolute atomic E-state index is 0.0271. The zero-order valence-corrected chi connectivity index (χ0v) is 13.0. The van der Waals surface area contributed by atoms with Crippen LogP contribution in [-0.4, -0.2) is 60.2 Å². The molecule has 1 aliphatic carbocycles. The number of methoxy groups -OCH3 is 1. The smallest absolute Gasteiger partial charge is 0.322 e. The lowest BCUT2D eigenvalue weighted by Crippen LogP contribution is -2.40. The van der Waals surface area contributed by atoms with Crippen LogP contribution in [0.3, 0.4) is 0 Å². The highest BCUT2D eigenvalue weighted by atomic mass is 16.5. The van der Waals surface area contributed by atoms with Gasteiger partial charge >= 0.3 is 6.03 Å². The van der Waals surface area contributed by atoms with Gasteiger partial charge in [-0.3, -0.25) is 4.68 Å². The van der Waals surface area contributed by atoms with Crippen molar-refractivity contribution in [3.8, 4) is 0 Å². The highest BCUT2D eigenvalue weighted by Gasteiger charge is 2.34. The molecule has 0 spiro atoms. The molecule has 1 aliphatic heterocycles. The van der Waals surface area contributed by atoms with Gasteiger partial charge in [0.25, 0.3) is 0 Å². The van der Waals surface area contributed by atoms with E-state index >= 15 is 0 Å². The quantitative estimate of drug-likeness (QED) is 0.830. The number of aromatic nitrogens is 2. The molecular weight excluding hydrogens is 284 g/mol. The van der Waals surface area contributed by atoms with E-state index in [9.17, 15) is 4.79 Å². The summed E-state index contributed by atoms with van der Waals surface area (Å²) in [6.45, 7) is 3.65. The van der Waals surface area contributed by atoms with Crippen molar-refractivity contribution in [2.45, 2.75) is 31.8 Å². The molecule has 122 valence electrons. The average Bonchev–Trinajstić information content (AvgIpc) is 3.04. The molecule has 7 heteroatoms.